The summed E-state index contributed by atoms with van der Waals surface area (Å²) in [5, 5.41) is 16.5. The predicted molar refractivity (Wildman–Crippen MR) is 108 cm³/mol. The summed E-state index contributed by atoms with van der Waals surface area (Å²) < 4.78 is 7.34. The van der Waals surface area contributed by atoms with Crippen LogP contribution in [0.25, 0.3) is 27.9 Å². The summed E-state index contributed by atoms with van der Waals surface area (Å²) >= 11 is 0. The summed E-state index contributed by atoms with van der Waals surface area (Å²) in [5.41, 5.74) is 4.96. The number of aromatic hydroxyl groups is 1. The van der Waals surface area contributed by atoms with Gasteiger partial charge in [-0.05, 0) is 68.0 Å². The molecule has 5 nitrogen and oxygen atoms in total. The molecule has 0 radical (unpaired) electrons. The highest BCUT2D eigenvalue weighted by molar-refractivity contribution is 5.95. The highest BCUT2D eigenvalue weighted by Crippen LogP contribution is 2.41. The van der Waals surface area contributed by atoms with Crippen molar-refractivity contribution in [2.24, 2.45) is 0 Å². The van der Waals surface area contributed by atoms with E-state index in [9.17, 15) is 9.90 Å². The maximum absolute atomic E-state index is 12.4. The van der Waals surface area contributed by atoms with E-state index in [2.05, 4.69) is 5.10 Å². The molecule has 140 valence electrons. The Balaban J connectivity index is 1.74. The van der Waals surface area contributed by atoms with Crippen molar-refractivity contribution in [3.63, 3.8) is 0 Å². The normalized spacial score (nSPS) is 13.6. The molecular weight excluding hydrogens is 352 g/mol. The molecule has 1 N–H and O–H groups in total. The zero-order valence-corrected chi connectivity index (χ0v) is 15.6. The van der Waals surface area contributed by atoms with Gasteiger partial charge in [0.2, 0.25) is 0 Å². The number of aryl methyl sites for hydroxylation is 2. The summed E-state index contributed by atoms with van der Waals surface area (Å²) in [7, 11) is 0. The number of benzene rings is 2. The first-order chi connectivity index (χ1) is 13.6. The van der Waals surface area contributed by atoms with Crippen LogP contribution in [0.2, 0.25) is 0 Å². The van der Waals surface area contributed by atoms with Gasteiger partial charge >= 0.3 is 5.63 Å². The summed E-state index contributed by atoms with van der Waals surface area (Å²) in [5.74, 6) is 0.148. The van der Waals surface area contributed by atoms with E-state index in [1.807, 2.05) is 55.6 Å². The van der Waals surface area contributed by atoms with Crippen LogP contribution < -0.4 is 5.63 Å². The van der Waals surface area contributed by atoms with E-state index in [1.165, 1.54) is 0 Å². The van der Waals surface area contributed by atoms with Crippen molar-refractivity contribution >= 4 is 11.0 Å². The molecule has 0 saturated heterocycles. The van der Waals surface area contributed by atoms with Gasteiger partial charge in [-0.25, -0.2) is 9.48 Å². The Bertz CT molecular complexity index is 1250. The highest BCUT2D eigenvalue weighted by Gasteiger charge is 2.24. The number of hydrogen-bond acceptors (Lipinski definition) is 4. The second-order valence-electron chi connectivity index (χ2n) is 7.33. The molecule has 1 aliphatic carbocycles. The number of para-hydroxylation sites is 1. The Morgan fingerprint density at radius 1 is 1.07 bits per heavy atom. The van der Waals surface area contributed by atoms with E-state index in [4.69, 9.17) is 4.42 Å². The molecule has 0 atom stereocenters. The summed E-state index contributed by atoms with van der Waals surface area (Å²) in [6.45, 7) is 1.90. The topological polar surface area (TPSA) is 68.3 Å². The van der Waals surface area contributed by atoms with Gasteiger partial charge in [-0.3, -0.25) is 0 Å². The number of phenols is 1. The predicted octanol–water partition coefficient (Wildman–Crippen LogP) is 4.54. The largest absolute Gasteiger partial charge is 0.506 e. The third kappa shape index (κ3) is 2.54. The van der Waals surface area contributed by atoms with E-state index in [-0.39, 0.29) is 11.4 Å². The van der Waals surface area contributed by atoms with E-state index < -0.39 is 0 Å². The van der Waals surface area contributed by atoms with Crippen molar-refractivity contribution in [2.75, 3.05) is 0 Å². The van der Waals surface area contributed by atoms with Crippen molar-refractivity contribution in [3.8, 4) is 22.7 Å². The van der Waals surface area contributed by atoms with Crippen molar-refractivity contribution in [1.29, 1.82) is 0 Å². The lowest BCUT2D eigenvalue weighted by atomic mass is 9.88. The van der Waals surface area contributed by atoms with E-state index in [0.29, 0.717) is 34.2 Å². The summed E-state index contributed by atoms with van der Waals surface area (Å²) in [4.78, 5) is 12.4. The van der Waals surface area contributed by atoms with Gasteiger partial charge < -0.3 is 9.52 Å². The second-order valence-corrected chi connectivity index (χ2v) is 7.33. The van der Waals surface area contributed by atoms with E-state index >= 15 is 0 Å². The van der Waals surface area contributed by atoms with Gasteiger partial charge in [0.15, 0.2) is 0 Å². The Hall–Kier alpha value is -3.34. The van der Waals surface area contributed by atoms with Crippen molar-refractivity contribution in [3.05, 3.63) is 75.8 Å². The van der Waals surface area contributed by atoms with Crippen LogP contribution in [0.3, 0.4) is 0 Å². The number of hydrogen-bond donors (Lipinski definition) is 1. The molecule has 0 unspecified atom stereocenters. The smallest absolute Gasteiger partial charge is 0.339 e. The lowest BCUT2D eigenvalue weighted by molar-refractivity contribution is 0.477. The Morgan fingerprint density at radius 2 is 1.82 bits per heavy atom. The standard InChI is InChI=1S/C23H20N2O3/c1-14-13-19-21(16-9-5-6-10-17(16)23(27)28-19)22(26)20(14)18-11-12-25(24-18)15-7-3-2-4-8-15/h2-4,7-8,11-13,26H,5-6,9-10H2,1H3. The maximum atomic E-state index is 12.4. The zero-order chi connectivity index (χ0) is 19.3. The van der Waals surface area contributed by atoms with Crippen LogP contribution in [-0.2, 0) is 12.8 Å². The Labute approximate surface area is 161 Å². The molecule has 0 spiro atoms. The highest BCUT2D eigenvalue weighted by atomic mass is 16.4. The van der Waals surface area contributed by atoms with Crippen LogP contribution in [0.15, 0.2) is 57.9 Å². The second kappa shape index (κ2) is 6.37. The fourth-order valence-electron chi connectivity index (χ4n) is 4.21. The molecule has 0 amide bonds. The van der Waals surface area contributed by atoms with Crippen molar-refractivity contribution in [2.45, 2.75) is 32.6 Å². The minimum absolute atomic E-state index is 0.148. The minimum atomic E-state index is -0.276. The average molecular weight is 372 g/mol. The van der Waals surface area contributed by atoms with Gasteiger partial charge in [0, 0.05) is 17.3 Å². The molecule has 4 aromatic rings. The fourth-order valence-corrected chi connectivity index (χ4v) is 4.21. The van der Waals surface area contributed by atoms with Crippen LogP contribution in [-0.4, -0.2) is 14.9 Å². The number of fused-ring (bicyclic) bond motifs is 3. The molecule has 5 rings (SSSR count). The molecule has 2 aromatic carbocycles. The molecular formula is C23H20N2O3. The monoisotopic (exact) mass is 372 g/mol. The maximum Gasteiger partial charge on any atom is 0.339 e. The Kier molecular flexibility index (Phi) is 3.83. The lowest BCUT2D eigenvalue weighted by Crippen LogP contribution is -2.16. The minimum Gasteiger partial charge on any atom is -0.506 e. The van der Waals surface area contributed by atoms with Crippen LogP contribution in [0.5, 0.6) is 5.75 Å². The van der Waals surface area contributed by atoms with Crippen LogP contribution >= 0.6 is 0 Å². The number of aromatic nitrogens is 2. The first-order valence-corrected chi connectivity index (χ1v) is 9.56. The molecule has 5 heteroatoms. The third-order valence-corrected chi connectivity index (χ3v) is 5.55. The molecule has 28 heavy (non-hydrogen) atoms. The van der Waals surface area contributed by atoms with Crippen molar-refractivity contribution in [1.82, 2.24) is 9.78 Å². The van der Waals surface area contributed by atoms with Gasteiger partial charge in [0.25, 0.3) is 0 Å². The van der Waals surface area contributed by atoms with Gasteiger partial charge in [-0.15, -0.1) is 0 Å². The zero-order valence-electron chi connectivity index (χ0n) is 15.6. The van der Waals surface area contributed by atoms with Crippen molar-refractivity contribution < 1.29 is 9.52 Å². The molecule has 2 heterocycles. The SMILES string of the molecule is Cc1cc2oc(=O)c3c(c2c(O)c1-c1ccn(-c2ccccc2)n1)CCCC3. The summed E-state index contributed by atoms with van der Waals surface area (Å²) in [6, 6.07) is 13.6. The lowest BCUT2D eigenvalue weighted by Gasteiger charge is -2.18. The first-order valence-electron chi connectivity index (χ1n) is 9.56. The van der Waals surface area contributed by atoms with Crippen LogP contribution in [0.4, 0.5) is 0 Å². The molecule has 2 aromatic heterocycles. The average Bonchev–Trinajstić information content (AvgIpc) is 3.18. The van der Waals surface area contributed by atoms with Gasteiger partial charge in [0.05, 0.1) is 16.8 Å². The van der Waals surface area contributed by atoms with Gasteiger partial charge in [-0.2, -0.15) is 5.10 Å². The molecule has 1 aliphatic rings. The van der Waals surface area contributed by atoms with E-state index in [1.54, 1.807) is 4.68 Å². The van der Waals surface area contributed by atoms with Gasteiger partial charge in [-0.1, -0.05) is 18.2 Å². The number of rotatable bonds is 2. The quantitative estimate of drug-likeness (QED) is 0.525. The number of phenolic OH excluding ortho intramolecular Hbond substituents is 1. The molecule has 0 bridgehead atoms. The first kappa shape index (κ1) is 16.8. The molecule has 0 aliphatic heterocycles. The number of nitrogens with zero attached hydrogens (tertiary/aromatic N) is 2. The van der Waals surface area contributed by atoms with E-state index in [0.717, 1.165) is 36.1 Å². The van der Waals surface area contributed by atoms with Crippen LogP contribution in [0, 0.1) is 6.92 Å². The molecule has 0 saturated carbocycles. The summed E-state index contributed by atoms with van der Waals surface area (Å²) in [6.07, 6.45) is 5.36. The Morgan fingerprint density at radius 3 is 2.61 bits per heavy atom. The fraction of sp³-hybridized carbons (Fsp3) is 0.217. The third-order valence-electron chi connectivity index (χ3n) is 5.55. The van der Waals surface area contributed by atoms with Crippen LogP contribution in [0.1, 0.15) is 29.5 Å². The molecule has 0 fully saturated rings. The van der Waals surface area contributed by atoms with Gasteiger partial charge in [0.1, 0.15) is 11.3 Å².